The number of hydrogen-bond acceptors (Lipinski definition) is 5. The normalized spacial score (nSPS) is 32.7. The Labute approximate surface area is 138 Å². The first-order valence-corrected chi connectivity index (χ1v) is 8.52. The van der Waals surface area contributed by atoms with E-state index in [1.807, 2.05) is 6.92 Å². The van der Waals surface area contributed by atoms with Gasteiger partial charge in [-0.3, -0.25) is 9.59 Å². The molecule has 132 valence electrons. The van der Waals surface area contributed by atoms with Crippen molar-refractivity contribution in [1.82, 2.24) is 5.32 Å². The van der Waals surface area contributed by atoms with Gasteiger partial charge in [-0.25, -0.2) is 0 Å². The number of carbonyl (C=O) groups is 2. The number of fused-ring (bicyclic) bond motifs is 2. The van der Waals surface area contributed by atoms with Crippen LogP contribution >= 0.6 is 0 Å². The Morgan fingerprint density at radius 2 is 1.83 bits per heavy atom. The molecule has 6 heteroatoms. The number of esters is 1. The van der Waals surface area contributed by atoms with E-state index in [0.29, 0.717) is 11.8 Å². The second-order valence-corrected chi connectivity index (χ2v) is 7.43. The van der Waals surface area contributed by atoms with Gasteiger partial charge in [-0.15, -0.1) is 0 Å². The number of methoxy groups -OCH3 is 2. The largest absolute Gasteiger partial charge is 0.469 e. The maximum absolute atomic E-state index is 12.7. The quantitative estimate of drug-likeness (QED) is 0.716. The van der Waals surface area contributed by atoms with Crippen molar-refractivity contribution in [3.8, 4) is 0 Å². The molecule has 2 aliphatic carbocycles. The van der Waals surface area contributed by atoms with Crippen LogP contribution in [0.2, 0.25) is 0 Å². The predicted molar refractivity (Wildman–Crippen MR) is 86.6 cm³/mol. The van der Waals surface area contributed by atoms with Crippen LogP contribution in [0.15, 0.2) is 0 Å². The highest BCUT2D eigenvalue weighted by Gasteiger charge is 2.42. The fourth-order valence-corrected chi connectivity index (χ4v) is 4.24. The Kier molecular flexibility index (Phi) is 6.03. The average molecular weight is 326 g/mol. The van der Waals surface area contributed by atoms with Gasteiger partial charge in [0, 0.05) is 19.1 Å². The Balaban J connectivity index is 1.99. The van der Waals surface area contributed by atoms with Gasteiger partial charge in [0.1, 0.15) is 0 Å². The highest BCUT2D eigenvalue weighted by atomic mass is 16.5. The van der Waals surface area contributed by atoms with Crippen molar-refractivity contribution in [2.45, 2.75) is 57.0 Å². The topological polar surface area (TPSA) is 90.6 Å². The summed E-state index contributed by atoms with van der Waals surface area (Å²) in [4.78, 5) is 24.4. The minimum atomic E-state index is -0.742. The monoisotopic (exact) mass is 326 g/mol. The first-order valence-electron chi connectivity index (χ1n) is 8.52. The second kappa shape index (κ2) is 7.62. The molecule has 6 nitrogen and oxygen atoms in total. The Bertz CT molecular complexity index is 428. The molecule has 2 aliphatic rings. The van der Waals surface area contributed by atoms with E-state index in [0.717, 1.165) is 25.7 Å². The van der Waals surface area contributed by atoms with E-state index >= 15 is 0 Å². The second-order valence-electron chi connectivity index (χ2n) is 7.43. The van der Waals surface area contributed by atoms with Gasteiger partial charge in [-0.05, 0) is 44.4 Å². The van der Waals surface area contributed by atoms with E-state index in [1.54, 1.807) is 7.11 Å². The molecule has 0 spiro atoms. The molecular formula is C17H30N2O4. The van der Waals surface area contributed by atoms with E-state index in [2.05, 4.69) is 5.32 Å². The van der Waals surface area contributed by atoms with Crippen LogP contribution in [0, 0.1) is 17.8 Å². The summed E-state index contributed by atoms with van der Waals surface area (Å²) in [5, 5.41) is 3.03. The van der Waals surface area contributed by atoms with Crippen molar-refractivity contribution in [1.29, 1.82) is 0 Å². The summed E-state index contributed by atoms with van der Waals surface area (Å²) in [6.07, 6.45) is 5.27. The predicted octanol–water partition coefficient (Wildman–Crippen LogP) is 1.22. The summed E-state index contributed by atoms with van der Waals surface area (Å²) in [6.45, 7) is 2.09. The lowest BCUT2D eigenvalue weighted by Gasteiger charge is -2.44. The molecule has 0 saturated heterocycles. The zero-order valence-corrected chi connectivity index (χ0v) is 14.5. The summed E-state index contributed by atoms with van der Waals surface area (Å²) < 4.78 is 9.92. The minimum Gasteiger partial charge on any atom is -0.469 e. The highest BCUT2D eigenvalue weighted by Crippen LogP contribution is 2.42. The number of amides is 1. The molecule has 0 aromatic carbocycles. The van der Waals surface area contributed by atoms with Gasteiger partial charge in [0.05, 0.1) is 25.7 Å². The maximum Gasteiger partial charge on any atom is 0.307 e. The van der Waals surface area contributed by atoms with Gasteiger partial charge in [0.25, 0.3) is 0 Å². The summed E-state index contributed by atoms with van der Waals surface area (Å²) in [5.74, 6) is 0.545. The van der Waals surface area contributed by atoms with E-state index < -0.39 is 5.54 Å². The molecule has 0 radical (unpaired) electrons. The zero-order chi connectivity index (χ0) is 17.0. The molecule has 3 N–H and O–H groups in total. The molecule has 0 aromatic rings. The third-order valence-corrected chi connectivity index (χ3v) is 5.43. The Morgan fingerprint density at radius 3 is 2.35 bits per heavy atom. The van der Waals surface area contributed by atoms with Crippen LogP contribution in [0.5, 0.6) is 0 Å². The lowest BCUT2D eigenvalue weighted by atomic mass is 9.65. The van der Waals surface area contributed by atoms with E-state index in [1.165, 1.54) is 13.5 Å². The Hall–Kier alpha value is -1.14. The summed E-state index contributed by atoms with van der Waals surface area (Å²) in [5.41, 5.74) is 5.55. The summed E-state index contributed by atoms with van der Waals surface area (Å²) in [7, 11) is 2.91. The van der Waals surface area contributed by atoms with E-state index in [4.69, 9.17) is 15.2 Å². The minimum absolute atomic E-state index is 0.0113. The fourth-order valence-electron chi connectivity index (χ4n) is 4.24. The number of rotatable bonds is 6. The molecule has 2 rings (SSSR count). The van der Waals surface area contributed by atoms with Gasteiger partial charge in [-0.2, -0.15) is 0 Å². The Morgan fingerprint density at radius 1 is 1.22 bits per heavy atom. The van der Waals surface area contributed by atoms with Crippen molar-refractivity contribution in [3.63, 3.8) is 0 Å². The maximum atomic E-state index is 12.7. The molecular weight excluding hydrogens is 296 g/mol. The van der Waals surface area contributed by atoms with Crippen LogP contribution < -0.4 is 11.1 Å². The summed E-state index contributed by atoms with van der Waals surface area (Å²) in [6, 6.07) is 0.244. The molecule has 2 bridgehead atoms. The first-order chi connectivity index (χ1) is 10.9. The third-order valence-electron chi connectivity index (χ3n) is 5.43. The first kappa shape index (κ1) is 18.2. The van der Waals surface area contributed by atoms with Crippen molar-refractivity contribution in [3.05, 3.63) is 0 Å². The average Bonchev–Trinajstić information content (AvgIpc) is 2.46. The van der Waals surface area contributed by atoms with Crippen molar-refractivity contribution >= 4 is 11.9 Å². The zero-order valence-electron chi connectivity index (χ0n) is 14.5. The third kappa shape index (κ3) is 4.44. The standard InChI is InChI=1S/C17H30N2O4/c1-17(10-22-2,9-14(20)23-3)19-16(21)13-7-11-5-4-6-12(8-13)15(11)18/h11-13,15H,4-10,18H2,1-3H3,(H,19,21). The smallest absolute Gasteiger partial charge is 0.307 e. The van der Waals surface area contributed by atoms with Crippen LogP contribution in [0.1, 0.15) is 45.4 Å². The number of nitrogens with one attached hydrogen (secondary N) is 1. The molecule has 3 unspecified atom stereocenters. The molecule has 0 aliphatic heterocycles. The van der Waals surface area contributed by atoms with Crippen LogP contribution in [0.25, 0.3) is 0 Å². The number of hydrogen-bond donors (Lipinski definition) is 2. The molecule has 2 saturated carbocycles. The number of ether oxygens (including phenoxy) is 2. The number of carbonyl (C=O) groups excluding carboxylic acids is 2. The molecule has 23 heavy (non-hydrogen) atoms. The van der Waals surface area contributed by atoms with Crippen molar-refractivity contribution in [2.75, 3.05) is 20.8 Å². The lowest BCUT2D eigenvalue weighted by Crippen LogP contribution is -2.55. The van der Waals surface area contributed by atoms with E-state index in [-0.39, 0.29) is 36.9 Å². The SMILES string of the molecule is COCC(C)(CC(=O)OC)NC(=O)C1CC2CCCC(C1)C2N. The number of nitrogens with two attached hydrogens (primary N) is 1. The van der Waals surface area contributed by atoms with Gasteiger partial charge in [0.15, 0.2) is 0 Å². The van der Waals surface area contributed by atoms with Crippen LogP contribution in [0.4, 0.5) is 0 Å². The van der Waals surface area contributed by atoms with Crippen LogP contribution in [0.3, 0.4) is 0 Å². The van der Waals surface area contributed by atoms with Crippen LogP contribution in [-0.4, -0.2) is 44.3 Å². The van der Waals surface area contributed by atoms with Gasteiger partial charge < -0.3 is 20.5 Å². The van der Waals surface area contributed by atoms with Gasteiger partial charge in [0.2, 0.25) is 5.91 Å². The lowest BCUT2D eigenvalue weighted by molar-refractivity contribution is -0.143. The summed E-state index contributed by atoms with van der Waals surface area (Å²) >= 11 is 0. The van der Waals surface area contributed by atoms with Crippen molar-refractivity contribution < 1.29 is 19.1 Å². The van der Waals surface area contributed by atoms with Gasteiger partial charge in [-0.1, -0.05) is 6.42 Å². The molecule has 0 heterocycles. The molecule has 3 atom stereocenters. The van der Waals surface area contributed by atoms with E-state index in [9.17, 15) is 9.59 Å². The highest BCUT2D eigenvalue weighted by molar-refractivity contribution is 5.81. The molecule has 2 fully saturated rings. The molecule has 0 aromatic heterocycles. The van der Waals surface area contributed by atoms with Crippen molar-refractivity contribution in [2.24, 2.45) is 23.5 Å². The fraction of sp³-hybridized carbons (Fsp3) is 0.882. The van der Waals surface area contributed by atoms with Crippen LogP contribution in [-0.2, 0) is 19.1 Å². The van der Waals surface area contributed by atoms with Gasteiger partial charge >= 0.3 is 5.97 Å². The molecule has 1 amide bonds.